The van der Waals surface area contributed by atoms with Crippen LogP contribution < -0.4 is 9.22 Å². The average molecular weight is 238 g/mol. The Labute approximate surface area is 99.8 Å². The zero-order chi connectivity index (χ0) is 12.9. The van der Waals surface area contributed by atoms with Gasteiger partial charge in [0.15, 0.2) is 6.54 Å². The topological polar surface area (TPSA) is 63.6 Å². The van der Waals surface area contributed by atoms with Gasteiger partial charge in [-0.05, 0) is 19.1 Å². The number of amides is 1. The van der Waals surface area contributed by atoms with Crippen LogP contribution in [0.4, 0.5) is 5.69 Å². The number of carbonyl (C=O) groups is 2. The standard InChI is InChI=1S/C12H15NO4/c1-3-17-11-6-4-10(5-7-11)13(2,9-14)8-12(15)16/h4-7,9H,3,8H2,1-2H3/p+1. The van der Waals surface area contributed by atoms with Gasteiger partial charge in [-0.1, -0.05) is 0 Å². The molecular formula is C12H16NO4+. The van der Waals surface area contributed by atoms with Crippen LogP contribution in [0.1, 0.15) is 6.92 Å². The molecule has 0 aliphatic carbocycles. The quantitative estimate of drug-likeness (QED) is 0.598. The van der Waals surface area contributed by atoms with Gasteiger partial charge in [-0.2, -0.15) is 0 Å². The number of quaternary nitrogens is 1. The minimum Gasteiger partial charge on any atom is -0.494 e. The van der Waals surface area contributed by atoms with E-state index >= 15 is 0 Å². The molecule has 0 aromatic heterocycles. The first-order chi connectivity index (χ1) is 8.01. The van der Waals surface area contributed by atoms with Crippen molar-refractivity contribution in [1.29, 1.82) is 0 Å². The molecule has 1 atom stereocenters. The maximum atomic E-state index is 11.1. The van der Waals surface area contributed by atoms with Crippen LogP contribution in [0, 0.1) is 0 Å². The Bertz CT molecular complexity index is 401. The monoisotopic (exact) mass is 238 g/mol. The van der Waals surface area contributed by atoms with Crippen LogP contribution in [0.3, 0.4) is 0 Å². The Morgan fingerprint density at radius 1 is 1.41 bits per heavy atom. The Kier molecular flexibility index (Phi) is 4.23. The molecule has 0 spiro atoms. The zero-order valence-electron chi connectivity index (χ0n) is 9.92. The predicted molar refractivity (Wildman–Crippen MR) is 63.9 cm³/mol. The number of rotatable bonds is 6. The molecule has 0 heterocycles. The van der Waals surface area contributed by atoms with Gasteiger partial charge in [0.1, 0.15) is 11.4 Å². The van der Waals surface area contributed by atoms with E-state index in [-0.39, 0.29) is 11.0 Å². The third-order valence-electron chi connectivity index (χ3n) is 2.43. The van der Waals surface area contributed by atoms with Crippen molar-refractivity contribution >= 4 is 18.1 Å². The molecule has 0 radical (unpaired) electrons. The third kappa shape index (κ3) is 3.29. The van der Waals surface area contributed by atoms with E-state index < -0.39 is 5.97 Å². The van der Waals surface area contributed by atoms with Gasteiger partial charge >= 0.3 is 12.4 Å². The number of nitrogens with zero attached hydrogens (tertiary/aromatic N) is 1. The second-order valence-corrected chi connectivity index (χ2v) is 3.85. The summed E-state index contributed by atoms with van der Waals surface area (Å²) in [6.07, 6.45) is 0.615. The molecule has 1 amide bonds. The maximum absolute atomic E-state index is 11.1. The number of hydrogen-bond donors (Lipinski definition) is 1. The Hall–Kier alpha value is -1.88. The van der Waals surface area contributed by atoms with E-state index in [4.69, 9.17) is 9.84 Å². The van der Waals surface area contributed by atoms with Gasteiger partial charge in [0.2, 0.25) is 0 Å². The van der Waals surface area contributed by atoms with Crippen LogP contribution >= 0.6 is 0 Å². The summed E-state index contributed by atoms with van der Waals surface area (Å²) in [5.41, 5.74) is 0.617. The van der Waals surface area contributed by atoms with Gasteiger partial charge < -0.3 is 9.84 Å². The van der Waals surface area contributed by atoms with Gasteiger partial charge in [-0.25, -0.2) is 14.1 Å². The molecule has 0 aliphatic heterocycles. The van der Waals surface area contributed by atoms with E-state index in [0.717, 1.165) is 0 Å². The van der Waals surface area contributed by atoms with E-state index in [0.29, 0.717) is 24.5 Å². The van der Waals surface area contributed by atoms with E-state index in [1.807, 2.05) is 6.92 Å². The number of hydrogen-bond acceptors (Lipinski definition) is 3. The SMILES string of the molecule is CCOc1ccc([N+](C)(C=O)CC(=O)O)cc1. The van der Waals surface area contributed by atoms with Crippen LogP contribution in [0.15, 0.2) is 24.3 Å². The van der Waals surface area contributed by atoms with E-state index in [1.165, 1.54) is 0 Å². The number of carbonyl (C=O) groups excluding carboxylic acids is 1. The Balaban J connectivity index is 2.96. The van der Waals surface area contributed by atoms with Crippen LogP contribution in [-0.2, 0) is 9.59 Å². The minimum absolute atomic E-state index is 0.280. The lowest BCUT2D eigenvalue weighted by atomic mass is 10.2. The largest absolute Gasteiger partial charge is 0.494 e. The molecule has 0 fully saturated rings. The summed E-state index contributed by atoms with van der Waals surface area (Å²) >= 11 is 0. The first-order valence-electron chi connectivity index (χ1n) is 5.28. The molecule has 0 saturated heterocycles. The van der Waals surface area contributed by atoms with Gasteiger partial charge in [-0.3, -0.25) is 0 Å². The van der Waals surface area contributed by atoms with E-state index in [9.17, 15) is 9.59 Å². The number of carboxylic acid groups (broad SMARTS) is 1. The molecule has 1 aromatic carbocycles. The molecule has 1 aromatic rings. The van der Waals surface area contributed by atoms with E-state index in [1.54, 1.807) is 31.3 Å². The first kappa shape index (κ1) is 13.2. The normalized spacial score (nSPS) is 13.8. The second kappa shape index (κ2) is 5.45. The Morgan fingerprint density at radius 3 is 2.41 bits per heavy atom. The average Bonchev–Trinajstić information content (AvgIpc) is 2.29. The predicted octanol–water partition coefficient (Wildman–Crippen LogP) is 1.26. The fourth-order valence-electron chi connectivity index (χ4n) is 1.52. The molecule has 0 aliphatic rings. The zero-order valence-corrected chi connectivity index (χ0v) is 9.92. The molecule has 1 N–H and O–H groups in total. The van der Waals surface area contributed by atoms with Gasteiger partial charge in [0, 0.05) is 12.1 Å². The molecule has 1 rings (SSSR count). The molecule has 1 unspecified atom stereocenters. The van der Waals surface area contributed by atoms with Crippen molar-refractivity contribution < 1.29 is 19.4 Å². The Morgan fingerprint density at radius 2 is 2.00 bits per heavy atom. The van der Waals surface area contributed by atoms with Gasteiger partial charge in [0.25, 0.3) is 0 Å². The van der Waals surface area contributed by atoms with Crippen LogP contribution in [0.25, 0.3) is 0 Å². The fourth-order valence-corrected chi connectivity index (χ4v) is 1.52. The summed E-state index contributed by atoms with van der Waals surface area (Å²) in [5, 5.41) is 8.78. The van der Waals surface area contributed by atoms with Crippen molar-refractivity contribution in [3.05, 3.63) is 24.3 Å². The molecule has 17 heavy (non-hydrogen) atoms. The number of aliphatic carboxylic acids is 1. The highest BCUT2D eigenvalue weighted by Crippen LogP contribution is 2.22. The summed E-state index contributed by atoms with van der Waals surface area (Å²) in [5.74, 6) is -0.322. The summed E-state index contributed by atoms with van der Waals surface area (Å²) < 4.78 is 4.99. The summed E-state index contributed by atoms with van der Waals surface area (Å²) in [6.45, 7) is 2.16. The lowest BCUT2D eigenvalue weighted by Crippen LogP contribution is -2.47. The highest BCUT2D eigenvalue weighted by Gasteiger charge is 2.27. The van der Waals surface area contributed by atoms with E-state index in [2.05, 4.69) is 0 Å². The minimum atomic E-state index is -1.02. The molecular weight excluding hydrogens is 222 g/mol. The fraction of sp³-hybridized carbons (Fsp3) is 0.333. The number of benzene rings is 1. The van der Waals surface area contributed by atoms with Gasteiger partial charge in [0.05, 0.1) is 13.7 Å². The summed E-state index contributed by atoms with van der Waals surface area (Å²) in [4.78, 5) is 21.8. The highest BCUT2D eigenvalue weighted by atomic mass is 16.5. The van der Waals surface area contributed by atoms with Crippen molar-refractivity contribution in [2.24, 2.45) is 0 Å². The molecule has 92 valence electrons. The van der Waals surface area contributed by atoms with Crippen molar-refractivity contribution in [2.75, 3.05) is 20.2 Å². The number of ether oxygens (including phenoxy) is 1. The number of likely N-dealkylation sites (N-methyl/N-ethyl adjacent to an activating group) is 1. The third-order valence-corrected chi connectivity index (χ3v) is 2.43. The van der Waals surface area contributed by atoms with Crippen molar-refractivity contribution in [1.82, 2.24) is 4.48 Å². The number of carboxylic acids is 1. The second-order valence-electron chi connectivity index (χ2n) is 3.85. The molecule has 5 heteroatoms. The van der Waals surface area contributed by atoms with Crippen molar-refractivity contribution in [3.63, 3.8) is 0 Å². The summed E-state index contributed by atoms with van der Waals surface area (Å²) in [7, 11) is 1.55. The highest BCUT2D eigenvalue weighted by molar-refractivity contribution is 5.80. The summed E-state index contributed by atoms with van der Waals surface area (Å²) in [6, 6.07) is 6.84. The molecule has 0 saturated carbocycles. The smallest absolute Gasteiger partial charge is 0.360 e. The van der Waals surface area contributed by atoms with Crippen LogP contribution in [0.5, 0.6) is 5.75 Å². The van der Waals surface area contributed by atoms with Crippen LogP contribution in [-0.4, -0.2) is 37.7 Å². The first-order valence-corrected chi connectivity index (χ1v) is 5.28. The van der Waals surface area contributed by atoms with Crippen LogP contribution in [0.2, 0.25) is 0 Å². The lowest BCUT2D eigenvalue weighted by molar-refractivity contribution is -0.139. The van der Waals surface area contributed by atoms with Gasteiger partial charge in [-0.15, -0.1) is 0 Å². The molecule has 5 nitrogen and oxygen atoms in total. The van der Waals surface area contributed by atoms with Crippen molar-refractivity contribution in [3.8, 4) is 5.75 Å². The molecule has 0 bridgehead atoms. The lowest BCUT2D eigenvalue weighted by Gasteiger charge is -2.24. The van der Waals surface area contributed by atoms with Crippen molar-refractivity contribution in [2.45, 2.75) is 6.92 Å². The maximum Gasteiger partial charge on any atom is 0.360 e.